The number of aromatic nitrogens is 1. The van der Waals surface area contributed by atoms with Gasteiger partial charge < -0.3 is 15.7 Å². The summed E-state index contributed by atoms with van der Waals surface area (Å²) in [6.45, 7) is 0. The highest BCUT2D eigenvalue weighted by atomic mass is 19.1. The number of nitrogens with one attached hydrogen (secondary N) is 2. The second-order valence-corrected chi connectivity index (χ2v) is 4.86. The Labute approximate surface area is 111 Å². The van der Waals surface area contributed by atoms with Gasteiger partial charge >= 0.3 is 0 Å². The Hall–Kier alpha value is -1.43. The molecule has 1 aliphatic rings. The predicted octanol–water partition coefficient (Wildman–Crippen LogP) is 2.51. The molecule has 19 heavy (non-hydrogen) atoms. The number of hydrogen-bond acceptors (Lipinski definition) is 4. The molecule has 1 aromatic heterocycles. The highest BCUT2D eigenvalue weighted by Gasteiger charge is 2.23. The van der Waals surface area contributed by atoms with E-state index in [1.807, 2.05) is 0 Å². The molecule has 0 aromatic carbocycles. The molecule has 3 N–H and O–H groups in total. The number of nitrogens with zero attached hydrogens (tertiary/aromatic N) is 1. The maximum Gasteiger partial charge on any atom is 0.168 e. The Morgan fingerprint density at radius 3 is 2.58 bits per heavy atom. The van der Waals surface area contributed by atoms with Gasteiger partial charge in [0.1, 0.15) is 0 Å². The van der Waals surface area contributed by atoms with Crippen LogP contribution in [-0.4, -0.2) is 29.3 Å². The summed E-state index contributed by atoms with van der Waals surface area (Å²) in [5, 5.41) is 15.4. The van der Waals surface area contributed by atoms with E-state index in [4.69, 9.17) is 0 Å². The molecule has 1 saturated carbocycles. The fourth-order valence-corrected chi connectivity index (χ4v) is 2.38. The minimum atomic E-state index is -0.743. The van der Waals surface area contributed by atoms with Crippen LogP contribution in [0.3, 0.4) is 0 Å². The van der Waals surface area contributed by atoms with Crippen LogP contribution in [-0.2, 0) is 0 Å². The average Bonchev–Trinajstić information content (AvgIpc) is 2.58. The molecule has 0 saturated heterocycles. The summed E-state index contributed by atoms with van der Waals surface area (Å²) < 4.78 is 27.0. The van der Waals surface area contributed by atoms with Crippen LogP contribution in [0.4, 0.5) is 20.4 Å². The summed E-state index contributed by atoms with van der Waals surface area (Å²) in [4.78, 5) is 3.87. The zero-order chi connectivity index (χ0) is 13.8. The SMILES string of the molecule is CNc1nc(NC2CCCCCC2O)c(F)cc1F. The number of aliphatic hydroxyl groups excluding tert-OH is 1. The molecular formula is C13H19F2N3O. The number of rotatable bonds is 3. The molecule has 0 bridgehead atoms. The van der Waals surface area contributed by atoms with Crippen molar-refractivity contribution in [2.45, 2.75) is 44.2 Å². The van der Waals surface area contributed by atoms with E-state index in [2.05, 4.69) is 15.6 Å². The second kappa shape index (κ2) is 6.14. The molecule has 2 rings (SSSR count). The Bertz CT molecular complexity index is 442. The lowest BCUT2D eigenvalue weighted by Crippen LogP contribution is -2.33. The van der Waals surface area contributed by atoms with Crippen molar-refractivity contribution in [1.82, 2.24) is 4.98 Å². The number of aliphatic hydroxyl groups is 1. The van der Waals surface area contributed by atoms with E-state index in [0.29, 0.717) is 6.42 Å². The van der Waals surface area contributed by atoms with Crippen molar-refractivity contribution < 1.29 is 13.9 Å². The zero-order valence-corrected chi connectivity index (χ0v) is 10.9. The lowest BCUT2D eigenvalue weighted by molar-refractivity contribution is 0.144. The van der Waals surface area contributed by atoms with Crippen molar-refractivity contribution in [3.05, 3.63) is 17.7 Å². The zero-order valence-electron chi connectivity index (χ0n) is 10.9. The standard InChI is InChI=1S/C13H19F2N3O/c1-16-12-8(14)7-9(15)13(18-12)17-10-5-3-2-4-6-11(10)19/h7,10-11,19H,2-6H2,1H3,(H2,16,17,18). The molecule has 4 nitrogen and oxygen atoms in total. The molecular weight excluding hydrogens is 252 g/mol. The third kappa shape index (κ3) is 3.32. The van der Waals surface area contributed by atoms with Crippen LogP contribution >= 0.6 is 0 Å². The Balaban J connectivity index is 2.17. The van der Waals surface area contributed by atoms with E-state index < -0.39 is 17.7 Å². The van der Waals surface area contributed by atoms with Crippen molar-refractivity contribution >= 4 is 11.6 Å². The minimum Gasteiger partial charge on any atom is -0.391 e. The molecule has 0 spiro atoms. The lowest BCUT2D eigenvalue weighted by atomic mass is 10.1. The maximum atomic E-state index is 13.7. The number of hydrogen-bond donors (Lipinski definition) is 3. The van der Waals surface area contributed by atoms with Crippen molar-refractivity contribution in [2.75, 3.05) is 17.7 Å². The molecule has 1 aromatic rings. The van der Waals surface area contributed by atoms with Crippen LogP contribution in [0.15, 0.2) is 6.07 Å². The summed E-state index contributed by atoms with van der Waals surface area (Å²) in [6, 6.07) is 0.559. The predicted molar refractivity (Wildman–Crippen MR) is 70.2 cm³/mol. The van der Waals surface area contributed by atoms with Gasteiger partial charge in [0, 0.05) is 13.1 Å². The number of anilines is 2. The van der Waals surface area contributed by atoms with Crippen LogP contribution in [0.1, 0.15) is 32.1 Å². The second-order valence-electron chi connectivity index (χ2n) is 4.86. The quantitative estimate of drug-likeness (QED) is 0.739. The van der Waals surface area contributed by atoms with Gasteiger partial charge in [-0.2, -0.15) is 0 Å². The first kappa shape index (κ1) is 14.0. The smallest absolute Gasteiger partial charge is 0.168 e. The molecule has 0 aliphatic heterocycles. The van der Waals surface area contributed by atoms with Crippen LogP contribution in [0.5, 0.6) is 0 Å². The van der Waals surface area contributed by atoms with Gasteiger partial charge in [0.05, 0.1) is 12.1 Å². The molecule has 2 atom stereocenters. The summed E-state index contributed by atoms with van der Waals surface area (Å²) in [6.07, 6.45) is 3.95. The third-order valence-corrected chi connectivity index (χ3v) is 3.47. The molecule has 2 unspecified atom stereocenters. The van der Waals surface area contributed by atoms with Gasteiger partial charge in [-0.05, 0) is 12.8 Å². The van der Waals surface area contributed by atoms with E-state index in [1.165, 1.54) is 7.05 Å². The first-order chi connectivity index (χ1) is 9.11. The average molecular weight is 271 g/mol. The first-order valence-electron chi connectivity index (χ1n) is 6.60. The summed E-state index contributed by atoms with van der Waals surface area (Å²) >= 11 is 0. The number of halogens is 2. The summed E-state index contributed by atoms with van der Waals surface area (Å²) in [5.74, 6) is -1.50. The number of pyridine rings is 1. The summed E-state index contributed by atoms with van der Waals surface area (Å²) in [7, 11) is 1.52. The molecule has 0 amide bonds. The highest BCUT2D eigenvalue weighted by Crippen LogP contribution is 2.24. The monoisotopic (exact) mass is 271 g/mol. The molecule has 1 fully saturated rings. The Morgan fingerprint density at radius 1 is 1.16 bits per heavy atom. The van der Waals surface area contributed by atoms with Crippen LogP contribution < -0.4 is 10.6 Å². The van der Waals surface area contributed by atoms with E-state index >= 15 is 0 Å². The van der Waals surface area contributed by atoms with Gasteiger partial charge in [-0.1, -0.05) is 19.3 Å². The van der Waals surface area contributed by atoms with E-state index in [1.54, 1.807) is 0 Å². The van der Waals surface area contributed by atoms with Gasteiger partial charge in [0.2, 0.25) is 0 Å². The van der Waals surface area contributed by atoms with Gasteiger partial charge in [-0.3, -0.25) is 0 Å². The van der Waals surface area contributed by atoms with Crippen LogP contribution in [0, 0.1) is 11.6 Å². The van der Waals surface area contributed by atoms with Crippen molar-refractivity contribution in [3.63, 3.8) is 0 Å². The normalized spacial score (nSPS) is 23.8. The third-order valence-electron chi connectivity index (χ3n) is 3.47. The highest BCUT2D eigenvalue weighted by molar-refractivity contribution is 5.47. The van der Waals surface area contributed by atoms with E-state index in [-0.39, 0.29) is 17.7 Å². The molecule has 0 radical (unpaired) electrons. The molecule has 106 valence electrons. The van der Waals surface area contributed by atoms with Crippen molar-refractivity contribution in [1.29, 1.82) is 0 Å². The van der Waals surface area contributed by atoms with Crippen LogP contribution in [0.2, 0.25) is 0 Å². The summed E-state index contributed by atoms with van der Waals surface area (Å²) in [5.41, 5.74) is 0. The minimum absolute atomic E-state index is 0.00740. The van der Waals surface area contributed by atoms with E-state index in [9.17, 15) is 13.9 Å². The van der Waals surface area contributed by atoms with Crippen molar-refractivity contribution in [2.24, 2.45) is 0 Å². The molecule has 1 aliphatic carbocycles. The first-order valence-corrected chi connectivity index (χ1v) is 6.60. The van der Waals surface area contributed by atoms with Gasteiger partial charge in [0.15, 0.2) is 23.3 Å². The molecule has 1 heterocycles. The fraction of sp³-hybridized carbons (Fsp3) is 0.615. The van der Waals surface area contributed by atoms with Gasteiger partial charge in [-0.25, -0.2) is 13.8 Å². The Kier molecular flexibility index (Phi) is 4.52. The van der Waals surface area contributed by atoms with Gasteiger partial charge in [0.25, 0.3) is 0 Å². The van der Waals surface area contributed by atoms with Crippen molar-refractivity contribution in [3.8, 4) is 0 Å². The fourth-order valence-electron chi connectivity index (χ4n) is 2.38. The maximum absolute atomic E-state index is 13.7. The molecule has 6 heteroatoms. The van der Waals surface area contributed by atoms with Gasteiger partial charge in [-0.15, -0.1) is 0 Å². The Morgan fingerprint density at radius 2 is 1.84 bits per heavy atom. The van der Waals surface area contributed by atoms with Crippen LogP contribution in [0.25, 0.3) is 0 Å². The van der Waals surface area contributed by atoms with E-state index in [0.717, 1.165) is 31.7 Å². The largest absolute Gasteiger partial charge is 0.391 e. The lowest BCUT2D eigenvalue weighted by Gasteiger charge is -2.22. The topological polar surface area (TPSA) is 57.2 Å².